The summed E-state index contributed by atoms with van der Waals surface area (Å²) in [6, 6.07) is 139. The standard InChI is InChI=1S/5C19H16/c1-15-12-18(16-8-4-2-5-9-16)14-19(13-15)17-10-6-3-7-11-17;1-15-12-13-18(16-8-4-2-5-9-16)19(14-15)17-10-6-3-7-11-17;1-15-6-5-9-19(14-15)18-12-10-17(11-13-18)16-7-3-2-4-8-16;1-15-11-13-17(14-12-15)19-10-6-5-9-18(19)16-7-3-2-4-8-16;1-15-10-12-17(13-11-15)19-9-5-8-18(14-19)16-6-3-2-4-7-16/h5*2-14H,1H3. The fraction of sp³-hybridized carbons (Fsp3) is 0.0526. The van der Waals surface area contributed by atoms with Crippen molar-refractivity contribution < 1.29 is 0 Å². The quantitative estimate of drug-likeness (QED) is 0.128. The molecule has 0 amide bonds. The van der Waals surface area contributed by atoms with E-state index in [1.807, 2.05) is 12.1 Å². The second-order valence-electron chi connectivity index (χ2n) is 24.0. The first kappa shape index (κ1) is 64.8. The van der Waals surface area contributed by atoms with Gasteiger partial charge in [0.25, 0.3) is 0 Å². The van der Waals surface area contributed by atoms with Crippen LogP contribution in [0.5, 0.6) is 0 Å². The molecule has 0 N–H and O–H groups in total. The van der Waals surface area contributed by atoms with E-state index in [0.717, 1.165) is 0 Å². The summed E-state index contributed by atoms with van der Waals surface area (Å²) in [7, 11) is 0. The van der Waals surface area contributed by atoms with E-state index in [4.69, 9.17) is 0 Å². The summed E-state index contributed by atoms with van der Waals surface area (Å²) in [5, 5.41) is 0. The first-order valence-electron chi connectivity index (χ1n) is 32.8. The number of hydrogen-bond donors (Lipinski definition) is 0. The molecule has 0 saturated carbocycles. The maximum atomic E-state index is 2.26. The van der Waals surface area contributed by atoms with Gasteiger partial charge >= 0.3 is 0 Å². The molecule has 15 rings (SSSR count). The Morgan fingerprint density at radius 3 is 0.726 bits per heavy atom. The molecule has 0 fully saturated rings. The van der Waals surface area contributed by atoms with E-state index in [9.17, 15) is 0 Å². The SMILES string of the molecule is Cc1cc(-c2ccccc2)cc(-c2ccccc2)c1.Cc1ccc(-c2cccc(-c3ccccc3)c2)cc1.Cc1ccc(-c2ccccc2)c(-c2ccccc2)c1.Cc1ccc(-c2ccccc2-c2ccccc2)cc1.Cc1cccc(-c2ccc(-c3ccccc3)cc2)c1. The molecule has 0 aliphatic rings. The van der Waals surface area contributed by atoms with Gasteiger partial charge in [0.1, 0.15) is 0 Å². The third-order valence-electron chi connectivity index (χ3n) is 16.7. The van der Waals surface area contributed by atoms with E-state index < -0.39 is 0 Å². The lowest BCUT2D eigenvalue weighted by atomic mass is 9.93. The van der Waals surface area contributed by atoms with E-state index >= 15 is 0 Å². The fourth-order valence-corrected chi connectivity index (χ4v) is 11.7. The summed E-state index contributed by atoms with van der Waals surface area (Å²) in [6.45, 7) is 10.7. The molecule has 0 saturated heterocycles. The van der Waals surface area contributed by atoms with E-state index in [1.54, 1.807) is 0 Å². The zero-order chi connectivity index (χ0) is 65.4. The summed E-state index contributed by atoms with van der Waals surface area (Å²) >= 11 is 0. The highest BCUT2D eigenvalue weighted by Gasteiger charge is 2.10. The van der Waals surface area contributed by atoms with Crippen molar-refractivity contribution in [3.8, 4) is 111 Å². The van der Waals surface area contributed by atoms with Crippen LogP contribution in [0, 0.1) is 34.6 Å². The summed E-state index contributed by atoms with van der Waals surface area (Å²) in [5.74, 6) is 0. The molecule has 0 radical (unpaired) electrons. The van der Waals surface area contributed by atoms with Crippen LogP contribution in [0.25, 0.3) is 111 Å². The first-order chi connectivity index (χ1) is 46.7. The molecule has 0 bridgehead atoms. The largest absolute Gasteiger partial charge is 0.0622 e. The van der Waals surface area contributed by atoms with Crippen molar-refractivity contribution in [3.05, 3.63) is 422 Å². The Kier molecular flexibility index (Phi) is 22.5. The zero-order valence-electron chi connectivity index (χ0n) is 55.0. The average molecular weight is 1220 g/mol. The van der Waals surface area contributed by atoms with Gasteiger partial charge in [0.2, 0.25) is 0 Å². The van der Waals surface area contributed by atoms with Gasteiger partial charge in [0.05, 0.1) is 0 Å². The smallest absolute Gasteiger partial charge is 0.0103 e. The molecular formula is C95H80. The number of benzene rings is 15. The molecule has 95 heavy (non-hydrogen) atoms. The van der Waals surface area contributed by atoms with Crippen LogP contribution in [0.1, 0.15) is 27.8 Å². The van der Waals surface area contributed by atoms with Gasteiger partial charge in [-0.1, -0.05) is 404 Å². The van der Waals surface area contributed by atoms with Crippen LogP contribution in [-0.2, 0) is 0 Å². The lowest BCUT2D eigenvalue weighted by Gasteiger charge is -2.11. The molecule has 0 atom stereocenters. The molecule has 0 spiro atoms. The van der Waals surface area contributed by atoms with Crippen LogP contribution in [0.4, 0.5) is 0 Å². The van der Waals surface area contributed by atoms with Crippen molar-refractivity contribution in [3.63, 3.8) is 0 Å². The van der Waals surface area contributed by atoms with Crippen molar-refractivity contribution >= 4 is 0 Å². The van der Waals surface area contributed by atoms with Gasteiger partial charge in [-0.2, -0.15) is 0 Å². The molecule has 0 aromatic heterocycles. The van der Waals surface area contributed by atoms with Gasteiger partial charge < -0.3 is 0 Å². The van der Waals surface area contributed by atoms with Gasteiger partial charge in [-0.3, -0.25) is 0 Å². The minimum absolute atomic E-state index is 1.26. The second-order valence-corrected chi connectivity index (χ2v) is 24.0. The predicted molar refractivity (Wildman–Crippen MR) is 410 cm³/mol. The molecule has 0 heteroatoms. The molecule has 0 aliphatic carbocycles. The third-order valence-corrected chi connectivity index (χ3v) is 16.7. The van der Waals surface area contributed by atoms with Gasteiger partial charge in [0.15, 0.2) is 0 Å². The normalized spacial score (nSPS) is 10.4. The Bertz CT molecular complexity index is 4710. The monoisotopic (exact) mass is 1220 g/mol. The Hall–Kier alpha value is -11.7. The molecule has 0 heterocycles. The minimum Gasteiger partial charge on any atom is -0.0622 e. The Labute approximate surface area is 564 Å². The first-order valence-corrected chi connectivity index (χ1v) is 32.8. The zero-order valence-corrected chi connectivity index (χ0v) is 55.0. The molecule has 0 aliphatic heterocycles. The topological polar surface area (TPSA) is 0 Å². The molecule has 0 unspecified atom stereocenters. The third kappa shape index (κ3) is 18.3. The van der Waals surface area contributed by atoms with Gasteiger partial charge in [-0.15, -0.1) is 0 Å². The highest BCUT2D eigenvalue weighted by molar-refractivity contribution is 5.85. The molecule has 460 valence electrons. The van der Waals surface area contributed by atoms with Crippen LogP contribution in [-0.4, -0.2) is 0 Å². The molecular weight excluding hydrogens is 1140 g/mol. The van der Waals surface area contributed by atoms with Crippen LogP contribution in [0.15, 0.2) is 394 Å². The predicted octanol–water partition coefficient (Wildman–Crippen LogP) is 26.6. The second kappa shape index (κ2) is 33.0. The van der Waals surface area contributed by atoms with Crippen LogP contribution >= 0.6 is 0 Å². The summed E-state index contributed by atoms with van der Waals surface area (Å²) in [6.07, 6.45) is 0. The summed E-state index contributed by atoms with van der Waals surface area (Å²) in [5.41, 5.74) is 31.9. The van der Waals surface area contributed by atoms with Crippen molar-refractivity contribution in [1.29, 1.82) is 0 Å². The number of rotatable bonds is 10. The fourth-order valence-electron chi connectivity index (χ4n) is 11.7. The van der Waals surface area contributed by atoms with Gasteiger partial charge in [-0.25, -0.2) is 0 Å². The van der Waals surface area contributed by atoms with Crippen molar-refractivity contribution in [2.75, 3.05) is 0 Å². The molecule has 15 aromatic carbocycles. The van der Waals surface area contributed by atoms with Crippen LogP contribution in [0.3, 0.4) is 0 Å². The minimum atomic E-state index is 1.26. The van der Waals surface area contributed by atoms with E-state index in [1.165, 1.54) is 139 Å². The van der Waals surface area contributed by atoms with Crippen LogP contribution in [0.2, 0.25) is 0 Å². The van der Waals surface area contributed by atoms with E-state index in [0.29, 0.717) is 0 Å². The van der Waals surface area contributed by atoms with Crippen LogP contribution < -0.4 is 0 Å². The number of aryl methyl sites for hydroxylation is 5. The highest BCUT2D eigenvalue weighted by atomic mass is 14.1. The van der Waals surface area contributed by atoms with E-state index in [-0.39, 0.29) is 0 Å². The summed E-state index contributed by atoms with van der Waals surface area (Å²) in [4.78, 5) is 0. The van der Waals surface area contributed by atoms with Crippen molar-refractivity contribution in [2.24, 2.45) is 0 Å². The summed E-state index contributed by atoms with van der Waals surface area (Å²) < 4.78 is 0. The Morgan fingerprint density at radius 1 is 0.105 bits per heavy atom. The maximum Gasteiger partial charge on any atom is -0.0103 e. The molecule has 15 aromatic rings. The van der Waals surface area contributed by atoms with Gasteiger partial charge in [-0.05, 0) is 164 Å². The Morgan fingerprint density at radius 2 is 0.326 bits per heavy atom. The lowest BCUT2D eigenvalue weighted by Crippen LogP contribution is -1.86. The Balaban J connectivity index is 0.000000121. The van der Waals surface area contributed by atoms with Gasteiger partial charge in [0, 0.05) is 0 Å². The maximum absolute atomic E-state index is 2.26. The van der Waals surface area contributed by atoms with Crippen molar-refractivity contribution in [1.82, 2.24) is 0 Å². The highest BCUT2D eigenvalue weighted by Crippen LogP contribution is 2.35. The van der Waals surface area contributed by atoms with Crippen molar-refractivity contribution in [2.45, 2.75) is 34.6 Å². The lowest BCUT2D eigenvalue weighted by molar-refractivity contribution is 1.46. The van der Waals surface area contributed by atoms with E-state index in [2.05, 4.69) is 417 Å². The average Bonchev–Trinajstić information content (AvgIpc) is 1.42. The number of hydrogen-bond acceptors (Lipinski definition) is 0. The molecule has 0 nitrogen and oxygen atoms in total.